The van der Waals surface area contributed by atoms with Crippen LogP contribution in [0.5, 0.6) is 0 Å². The summed E-state index contributed by atoms with van der Waals surface area (Å²) in [6.45, 7) is 6.93. The lowest BCUT2D eigenvalue weighted by Crippen LogP contribution is -2.59. The van der Waals surface area contributed by atoms with Gasteiger partial charge >= 0.3 is 12.1 Å². The Hall–Kier alpha value is -2.57. The van der Waals surface area contributed by atoms with Crippen molar-refractivity contribution in [2.75, 3.05) is 7.11 Å². The first-order valence-electron chi connectivity index (χ1n) is 8.59. The van der Waals surface area contributed by atoms with Gasteiger partial charge in [0.05, 0.1) is 7.11 Å². The number of methoxy groups -OCH3 is 1. The van der Waals surface area contributed by atoms with E-state index in [9.17, 15) is 14.4 Å². The zero-order valence-electron chi connectivity index (χ0n) is 16.0. The fraction of sp³-hybridized carbons (Fsp3) is 0.526. The van der Waals surface area contributed by atoms with Gasteiger partial charge < -0.3 is 20.1 Å². The number of hydrogen-bond acceptors (Lipinski definition) is 5. The molecule has 2 amide bonds. The predicted octanol–water partition coefficient (Wildman–Crippen LogP) is 2.40. The SMILES string of the molecule is CCC(C)C(NC(=O)C(C)(C)NC(=O)OCc1ccccc1)C(=O)OC. The third-order valence-electron chi connectivity index (χ3n) is 4.15. The summed E-state index contributed by atoms with van der Waals surface area (Å²) in [6.07, 6.45) is -0.0281. The first-order valence-corrected chi connectivity index (χ1v) is 8.59. The van der Waals surface area contributed by atoms with Crippen LogP contribution in [-0.4, -0.2) is 36.7 Å². The second-order valence-electron chi connectivity index (χ2n) is 6.67. The van der Waals surface area contributed by atoms with Crippen molar-refractivity contribution in [2.24, 2.45) is 5.92 Å². The van der Waals surface area contributed by atoms with Gasteiger partial charge in [0, 0.05) is 0 Å². The van der Waals surface area contributed by atoms with E-state index in [2.05, 4.69) is 10.6 Å². The molecule has 0 aliphatic carbocycles. The Labute approximate surface area is 154 Å². The molecule has 0 fully saturated rings. The van der Waals surface area contributed by atoms with E-state index in [1.165, 1.54) is 21.0 Å². The molecule has 0 heterocycles. The quantitative estimate of drug-likeness (QED) is 0.691. The van der Waals surface area contributed by atoms with Gasteiger partial charge in [-0.25, -0.2) is 9.59 Å². The van der Waals surface area contributed by atoms with Crippen LogP contribution in [0.1, 0.15) is 39.7 Å². The van der Waals surface area contributed by atoms with Gasteiger partial charge in [0.15, 0.2) is 0 Å². The van der Waals surface area contributed by atoms with E-state index >= 15 is 0 Å². The summed E-state index contributed by atoms with van der Waals surface area (Å²) in [6, 6.07) is 8.44. The summed E-state index contributed by atoms with van der Waals surface area (Å²) in [5, 5.41) is 5.17. The fourth-order valence-electron chi connectivity index (χ4n) is 2.19. The summed E-state index contributed by atoms with van der Waals surface area (Å²) in [7, 11) is 1.27. The van der Waals surface area contributed by atoms with E-state index in [-0.39, 0.29) is 12.5 Å². The number of hydrogen-bond donors (Lipinski definition) is 2. The van der Waals surface area contributed by atoms with Crippen LogP contribution in [-0.2, 0) is 25.7 Å². The molecule has 2 unspecified atom stereocenters. The van der Waals surface area contributed by atoms with Crippen LogP contribution in [0.3, 0.4) is 0 Å². The molecule has 0 aliphatic rings. The molecule has 7 heteroatoms. The molecular weight excluding hydrogens is 336 g/mol. The Kier molecular flexibility index (Phi) is 8.09. The molecule has 144 valence electrons. The van der Waals surface area contributed by atoms with E-state index in [1.54, 1.807) is 0 Å². The highest BCUT2D eigenvalue weighted by atomic mass is 16.5. The minimum Gasteiger partial charge on any atom is -0.467 e. The number of ether oxygens (including phenoxy) is 2. The van der Waals surface area contributed by atoms with Crippen LogP contribution in [0.25, 0.3) is 0 Å². The standard InChI is InChI=1S/C19H28N2O5/c1-6-13(2)15(16(22)25-5)20-17(23)19(3,4)21-18(24)26-12-14-10-8-7-9-11-14/h7-11,13,15H,6,12H2,1-5H3,(H,20,23)(H,21,24). The number of alkyl carbamates (subject to hydrolysis) is 1. The Bertz CT molecular complexity index is 616. The normalized spacial score (nSPS) is 13.3. The smallest absolute Gasteiger partial charge is 0.408 e. The lowest BCUT2D eigenvalue weighted by atomic mass is 9.97. The molecule has 0 aliphatic heterocycles. The Morgan fingerprint density at radius 2 is 1.77 bits per heavy atom. The van der Waals surface area contributed by atoms with Crippen molar-refractivity contribution in [1.29, 1.82) is 0 Å². The predicted molar refractivity (Wildman–Crippen MR) is 97.2 cm³/mol. The molecule has 1 aromatic rings. The van der Waals surface area contributed by atoms with Gasteiger partial charge in [-0.1, -0.05) is 50.6 Å². The number of benzene rings is 1. The van der Waals surface area contributed by atoms with Crippen LogP contribution in [0, 0.1) is 5.92 Å². The number of carbonyl (C=O) groups excluding carboxylic acids is 3. The zero-order chi connectivity index (χ0) is 19.7. The van der Waals surface area contributed by atoms with Crippen molar-refractivity contribution in [3.05, 3.63) is 35.9 Å². The van der Waals surface area contributed by atoms with Gasteiger partial charge in [-0.2, -0.15) is 0 Å². The number of nitrogens with one attached hydrogen (secondary N) is 2. The van der Waals surface area contributed by atoms with Crippen LogP contribution in [0.4, 0.5) is 4.79 Å². The van der Waals surface area contributed by atoms with Gasteiger partial charge in [0.25, 0.3) is 0 Å². The molecule has 0 aromatic heterocycles. The fourth-order valence-corrected chi connectivity index (χ4v) is 2.19. The first-order chi connectivity index (χ1) is 12.2. The second-order valence-corrected chi connectivity index (χ2v) is 6.67. The van der Waals surface area contributed by atoms with Gasteiger partial charge in [0.2, 0.25) is 5.91 Å². The molecular formula is C19H28N2O5. The Morgan fingerprint density at radius 3 is 2.31 bits per heavy atom. The Morgan fingerprint density at radius 1 is 1.15 bits per heavy atom. The zero-order valence-corrected chi connectivity index (χ0v) is 16.0. The number of esters is 1. The molecule has 0 bridgehead atoms. The van der Waals surface area contributed by atoms with Crippen molar-refractivity contribution >= 4 is 18.0 Å². The molecule has 1 rings (SSSR count). The lowest BCUT2D eigenvalue weighted by molar-refractivity contribution is -0.147. The van der Waals surface area contributed by atoms with E-state index < -0.39 is 29.6 Å². The van der Waals surface area contributed by atoms with Gasteiger partial charge in [-0.05, 0) is 25.3 Å². The molecule has 0 spiro atoms. The topological polar surface area (TPSA) is 93.7 Å². The third kappa shape index (κ3) is 6.38. The average Bonchev–Trinajstić information content (AvgIpc) is 2.63. The number of rotatable bonds is 8. The molecule has 0 saturated heterocycles. The Balaban J connectivity index is 2.64. The maximum absolute atomic E-state index is 12.5. The van der Waals surface area contributed by atoms with E-state index in [4.69, 9.17) is 9.47 Å². The lowest BCUT2D eigenvalue weighted by Gasteiger charge is -2.29. The first kappa shape index (κ1) is 21.5. The van der Waals surface area contributed by atoms with Crippen LogP contribution in [0.15, 0.2) is 30.3 Å². The molecule has 26 heavy (non-hydrogen) atoms. The summed E-state index contributed by atoms with van der Waals surface area (Å²) >= 11 is 0. The van der Waals surface area contributed by atoms with Crippen molar-refractivity contribution < 1.29 is 23.9 Å². The summed E-state index contributed by atoms with van der Waals surface area (Å²) in [5.41, 5.74) is -0.416. The molecule has 0 saturated carbocycles. The third-order valence-corrected chi connectivity index (χ3v) is 4.15. The number of carbonyl (C=O) groups is 3. The molecule has 0 radical (unpaired) electrons. The van der Waals surface area contributed by atoms with E-state index in [0.29, 0.717) is 6.42 Å². The van der Waals surface area contributed by atoms with Crippen molar-refractivity contribution in [2.45, 2.75) is 52.3 Å². The van der Waals surface area contributed by atoms with Crippen LogP contribution in [0.2, 0.25) is 0 Å². The minimum absolute atomic E-state index is 0.0992. The maximum atomic E-state index is 12.5. The van der Waals surface area contributed by atoms with Crippen molar-refractivity contribution in [3.8, 4) is 0 Å². The van der Waals surface area contributed by atoms with E-state index in [0.717, 1.165) is 5.56 Å². The molecule has 7 nitrogen and oxygen atoms in total. The summed E-state index contributed by atoms with van der Waals surface area (Å²) in [4.78, 5) is 36.4. The molecule has 2 N–H and O–H groups in total. The van der Waals surface area contributed by atoms with Crippen LogP contribution >= 0.6 is 0 Å². The summed E-state index contributed by atoms with van der Waals surface area (Å²) in [5.74, 6) is -1.12. The van der Waals surface area contributed by atoms with Crippen molar-refractivity contribution in [1.82, 2.24) is 10.6 Å². The van der Waals surface area contributed by atoms with Gasteiger partial charge in [-0.15, -0.1) is 0 Å². The highest BCUT2D eigenvalue weighted by Crippen LogP contribution is 2.12. The van der Waals surface area contributed by atoms with E-state index in [1.807, 2.05) is 44.2 Å². The number of amides is 2. The largest absolute Gasteiger partial charge is 0.467 e. The van der Waals surface area contributed by atoms with Gasteiger partial charge in [-0.3, -0.25) is 4.79 Å². The van der Waals surface area contributed by atoms with Gasteiger partial charge in [0.1, 0.15) is 18.2 Å². The highest BCUT2D eigenvalue weighted by Gasteiger charge is 2.35. The maximum Gasteiger partial charge on any atom is 0.408 e. The second kappa shape index (κ2) is 9.79. The highest BCUT2D eigenvalue weighted by molar-refractivity contribution is 5.92. The van der Waals surface area contributed by atoms with Crippen molar-refractivity contribution in [3.63, 3.8) is 0 Å². The molecule has 1 aromatic carbocycles. The summed E-state index contributed by atoms with van der Waals surface area (Å²) < 4.78 is 9.89. The van der Waals surface area contributed by atoms with Crippen LogP contribution < -0.4 is 10.6 Å². The molecule has 2 atom stereocenters. The minimum atomic E-state index is -1.26. The monoisotopic (exact) mass is 364 g/mol. The average molecular weight is 364 g/mol.